The van der Waals surface area contributed by atoms with Crippen LogP contribution in [-0.2, 0) is 7.05 Å². The van der Waals surface area contributed by atoms with Gasteiger partial charge in [-0.15, -0.1) is 0 Å². The third-order valence-electron chi connectivity index (χ3n) is 2.79. The van der Waals surface area contributed by atoms with Crippen molar-refractivity contribution in [3.8, 4) is 11.4 Å². The molecule has 0 bridgehead atoms. The highest BCUT2D eigenvalue weighted by Crippen LogP contribution is 2.25. The Kier molecular flexibility index (Phi) is 3.92. The van der Waals surface area contributed by atoms with Gasteiger partial charge in [0.1, 0.15) is 5.82 Å². The van der Waals surface area contributed by atoms with Crippen LogP contribution in [0.25, 0.3) is 17.0 Å². The normalized spacial score (nSPS) is 12.5. The summed E-state index contributed by atoms with van der Waals surface area (Å²) in [6.45, 7) is 3.61. The molecule has 1 aromatic carbocycles. The van der Waals surface area contributed by atoms with Crippen LogP contribution in [0, 0.1) is 5.82 Å². The van der Waals surface area contributed by atoms with Crippen LogP contribution in [0.5, 0.6) is 0 Å². The molecule has 19 heavy (non-hydrogen) atoms. The highest BCUT2D eigenvalue weighted by Gasteiger charge is 2.15. The summed E-state index contributed by atoms with van der Waals surface area (Å²) >= 11 is 11.7. The third kappa shape index (κ3) is 2.80. The number of hydrogen-bond donors (Lipinski definition) is 0. The smallest absolute Gasteiger partial charge is 0.184 e. The fourth-order valence-corrected chi connectivity index (χ4v) is 1.89. The van der Waals surface area contributed by atoms with E-state index in [0.717, 1.165) is 5.57 Å². The van der Waals surface area contributed by atoms with Gasteiger partial charge in [-0.3, -0.25) is 0 Å². The molecule has 0 unspecified atom stereocenters. The Morgan fingerprint density at radius 2 is 2.00 bits per heavy atom. The number of hydrogen-bond acceptors (Lipinski definition) is 2. The molecule has 2 aromatic rings. The van der Waals surface area contributed by atoms with Crippen LogP contribution < -0.4 is 0 Å². The fraction of sp³-hybridized carbons (Fsp3) is 0.231. The van der Waals surface area contributed by atoms with Gasteiger partial charge < -0.3 is 0 Å². The van der Waals surface area contributed by atoms with E-state index in [2.05, 4.69) is 10.1 Å². The third-order valence-corrected chi connectivity index (χ3v) is 3.31. The van der Waals surface area contributed by atoms with Gasteiger partial charge >= 0.3 is 0 Å². The lowest BCUT2D eigenvalue weighted by Crippen LogP contribution is -1.97. The molecular formula is C13H12Cl2FN3. The van der Waals surface area contributed by atoms with Crippen molar-refractivity contribution in [2.75, 3.05) is 0 Å². The van der Waals surface area contributed by atoms with Crippen molar-refractivity contribution in [1.29, 1.82) is 0 Å². The first kappa shape index (κ1) is 14.0. The minimum Gasteiger partial charge on any atom is -0.249 e. The zero-order chi connectivity index (χ0) is 14.2. The van der Waals surface area contributed by atoms with Gasteiger partial charge in [0.2, 0.25) is 0 Å². The van der Waals surface area contributed by atoms with E-state index in [1.807, 2.05) is 6.92 Å². The lowest BCUT2D eigenvalue weighted by atomic mass is 10.2. The molecule has 0 aliphatic carbocycles. The molecule has 0 fully saturated rings. The van der Waals surface area contributed by atoms with Crippen molar-refractivity contribution in [2.45, 2.75) is 13.8 Å². The maximum absolute atomic E-state index is 13.8. The summed E-state index contributed by atoms with van der Waals surface area (Å²) in [5.41, 5.74) is 1.11. The molecule has 0 atom stereocenters. The van der Waals surface area contributed by atoms with Gasteiger partial charge in [-0.05, 0) is 32.0 Å². The standard InChI is InChI=1S/C13H12Cl2FN3/c1-7(8(2)14)13-17-12(18-19(13)3)10-5-4-9(15)6-11(10)16/h4-6H,1-3H3. The summed E-state index contributed by atoms with van der Waals surface area (Å²) in [6.07, 6.45) is 0. The van der Waals surface area contributed by atoms with Crippen LogP contribution in [-0.4, -0.2) is 14.8 Å². The molecule has 0 amide bonds. The van der Waals surface area contributed by atoms with E-state index in [1.165, 1.54) is 6.07 Å². The zero-order valence-electron chi connectivity index (χ0n) is 10.7. The van der Waals surface area contributed by atoms with Gasteiger partial charge in [0.25, 0.3) is 0 Å². The predicted molar refractivity (Wildman–Crippen MR) is 75.5 cm³/mol. The lowest BCUT2D eigenvalue weighted by Gasteiger charge is -1.99. The Labute approximate surface area is 120 Å². The van der Waals surface area contributed by atoms with E-state index in [-0.39, 0.29) is 0 Å². The van der Waals surface area contributed by atoms with E-state index in [9.17, 15) is 4.39 Å². The Bertz CT molecular complexity index is 658. The Hall–Kier alpha value is -1.39. The van der Waals surface area contributed by atoms with Gasteiger partial charge in [0.05, 0.1) is 5.56 Å². The predicted octanol–water partition coefficient (Wildman–Crippen LogP) is 4.26. The summed E-state index contributed by atoms with van der Waals surface area (Å²) in [5, 5.41) is 5.17. The van der Waals surface area contributed by atoms with Crippen molar-refractivity contribution in [1.82, 2.24) is 14.8 Å². The molecule has 1 heterocycles. The van der Waals surface area contributed by atoms with Crippen LogP contribution in [0.2, 0.25) is 5.02 Å². The number of aromatic nitrogens is 3. The summed E-state index contributed by atoms with van der Waals surface area (Å²) in [6, 6.07) is 4.40. The first-order chi connectivity index (χ1) is 8.90. The summed E-state index contributed by atoms with van der Waals surface area (Å²) in [4.78, 5) is 4.32. The van der Waals surface area contributed by atoms with Gasteiger partial charge in [0, 0.05) is 22.7 Å². The molecule has 0 spiro atoms. The second-order valence-electron chi connectivity index (χ2n) is 4.17. The molecule has 0 saturated carbocycles. The highest BCUT2D eigenvalue weighted by atomic mass is 35.5. The van der Waals surface area contributed by atoms with E-state index < -0.39 is 5.82 Å². The number of aryl methyl sites for hydroxylation is 1. The van der Waals surface area contributed by atoms with Crippen LogP contribution >= 0.6 is 23.2 Å². The summed E-state index contributed by atoms with van der Waals surface area (Å²) in [7, 11) is 1.74. The van der Waals surface area contributed by atoms with Crippen molar-refractivity contribution >= 4 is 28.8 Å². The molecule has 6 heteroatoms. The molecule has 0 aliphatic heterocycles. The van der Waals surface area contributed by atoms with Crippen LogP contribution in [0.15, 0.2) is 23.2 Å². The van der Waals surface area contributed by atoms with Gasteiger partial charge in [-0.25, -0.2) is 14.1 Å². The van der Waals surface area contributed by atoms with Crippen LogP contribution in [0.3, 0.4) is 0 Å². The fourth-order valence-electron chi connectivity index (χ4n) is 1.65. The molecule has 0 radical (unpaired) electrons. The lowest BCUT2D eigenvalue weighted by molar-refractivity contribution is 0.629. The number of rotatable bonds is 2. The summed E-state index contributed by atoms with van der Waals surface area (Å²) in [5.74, 6) is 0.467. The zero-order valence-corrected chi connectivity index (χ0v) is 12.2. The average Bonchev–Trinajstić information content (AvgIpc) is 2.69. The number of nitrogens with zero attached hydrogens (tertiary/aromatic N) is 3. The van der Waals surface area contributed by atoms with Gasteiger partial charge in [-0.1, -0.05) is 23.2 Å². The minimum atomic E-state index is -0.450. The number of allylic oxidation sites excluding steroid dienone is 2. The van der Waals surface area contributed by atoms with Gasteiger partial charge in [-0.2, -0.15) is 5.10 Å². The van der Waals surface area contributed by atoms with Crippen molar-refractivity contribution in [3.05, 3.63) is 39.9 Å². The summed E-state index contributed by atoms with van der Waals surface area (Å²) < 4.78 is 15.4. The van der Waals surface area contributed by atoms with E-state index in [1.54, 1.807) is 30.8 Å². The molecule has 0 N–H and O–H groups in total. The molecular weight excluding hydrogens is 288 g/mol. The first-order valence-corrected chi connectivity index (χ1v) is 6.35. The second-order valence-corrected chi connectivity index (χ2v) is 5.17. The largest absolute Gasteiger partial charge is 0.249 e. The number of halogens is 3. The topological polar surface area (TPSA) is 30.7 Å². The van der Waals surface area contributed by atoms with Gasteiger partial charge in [0.15, 0.2) is 11.6 Å². The first-order valence-electron chi connectivity index (χ1n) is 5.60. The molecule has 3 nitrogen and oxygen atoms in total. The average molecular weight is 300 g/mol. The highest BCUT2D eigenvalue weighted by molar-refractivity contribution is 6.32. The Morgan fingerprint density at radius 3 is 2.58 bits per heavy atom. The molecule has 0 saturated heterocycles. The minimum absolute atomic E-state index is 0.309. The maximum atomic E-state index is 13.8. The van der Waals surface area contributed by atoms with E-state index in [4.69, 9.17) is 23.2 Å². The maximum Gasteiger partial charge on any atom is 0.184 e. The van der Waals surface area contributed by atoms with Crippen molar-refractivity contribution < 1.29 is 4.39 Å². The second kappa shape index (κ2) is 5.31. The van der Waals surface area contributed by atoms with Crippen molar-refractivity contribution in [3.63, 3.8) is 0 Å². The number of benzene rings is 1. The van der Waals surface area contributed by atoms with Crippen molar-refractivity contribution in [2.24, 2.45) is 7.05 Å². The van der Waals surface area contributed by atoms with E-state index in [0.29, 0.717) is 27.3 Å². The quantitative estimate of drug-likeness (QED) is 0.829. The monoisotopic (exact) mass is 299 g/mol. The molecule has 2 rings (SSSR count). The van der Waals surface area contributed by atoms with E-state index >= 15 is 0 Å². The molecule has 1 aromatic heterocycles. The van der Waals surface area contributed by atoms with Crippen LogP contribution in [0.1, 0.15) is 19.7 Å². The Balaban J connectivity index is 2.54. The SMILES string of the molecule is CC(Cl)=C(C)c1nc(-c2ccc(Cl)cc2F)nn1C. The van der Waals surface area contributed by atoms with Crippen LogP contribution in [0.4, 0.5) is 4.39 Å². The molecule has 0 aliphatic rings. The molecule has 100 valence electrons. The Morgan fingerprint density at radius 1 is 1.32 bits per heavy atom.